The predicted octanol–water partition coefficient (Wildman–Crippen LogP) is 3.34. The second-order valence-corrected chi connectivity index (χ2v) is 8.11. The molecule has 0 radical (unpaired) electrons. The monoisotopic (exact) mass is 461 g/mol. The number of pyridine rings is 1. The summed E-state index contributed by atoms with van der Waals surface area (Å²) < 4.78 is 34.0. The van der Waals surface area contributed by atoms with E-state index in [1.165, 1.54) is 30.3 Å². The lowest BCUT2D eigenvalue weighted by Crippen LogP contribution is -2.51. The molecule has 3 aromatic rings. The van der Waals surface area contributed by atoms with Crippen molar-refractivity contribution in [3.63, 3.8) is 0 Å². The van der Waals surface area contributed by atoms with Crippen LogP contribution in [0.4, 0.5) is 8.78 Å². The molecule has 6 nitrogen and oxygen atoms in total. The molecular formula is C26H21F2N3O3. The van der Waals surface area contributed by atoms with E-state index in [9.17, 15) is 18.7 Å². The molecule has 34 heavy (non-hydrogen) atoms. The molecule has 5 rings (SSSR count). The van der Waals surface area contributed by atoms with E-state index in [2.05, 4.69) is 15.3 Å². The zero-order valence-electron chi connectivity index (χ0n) is 18.0. The zero-order chi connectivity index (χ0) is 23.7. The van der Waals surface area contributed by atoms with Crippen LogP contribution in [0, 0.1) is 11.6 Å². The summed E-state index contributed by atoms with van der Waals surface area (Å²) in [6, 6.07) is 13.2. The number of halogens is 2. The Balaban J connectivity index is 1.42. The van der Waals surface area contributed by atoms with Gasteiger partial charge < -0.3 is 15.2 Å². The molecule has 2 atom stereocenters. The van der Waals surface area contributed by atoms with Crippen LogP contribution in [0.2, 0.25) is 0 Å². The number of nitrogens with one attached hydrogen (secondary N) is 1. The molecule has 1 aromatic heterocycles. The highest BCUT2D eigenvalue weighted by atomic mass is 19.1. The van der Waals surface area contributed by atoms with Crippen LogP contribution in [-0.2, 0) is 6.42 Å². The van der Waals surface area contributed by atoms with Crippen LogP contribution < -0.4 is 10.1 Å². The molecular weight excluding hydrogens is 440 g/mol. The molecule has 1 unspecified atom stereocenters. The third kappa shape index (κ3) is 4.20. The van der Waals surface area contributed by atoms with Crippen LogP contribution in [0.15, 0.2) is 71.9 Å². The number of aromatic nitrogens is 1. The number of nitrogens with zero attached hydrogens (tertiary/aromatic N) is 2. The number of allylic oxidation sites excluding steroid dienone is 1. The summed E-state index contributed by atoms with van der Waals surface area (Å²) in [5.74, 6) is -0.861. The number of aliphatic imine (C=N–C) groups is 1. The van der Waals surface area contributed by atoms with Crippen molar-refractivity contribution in [2.75, 3.05) is 13.2 Å². The summed E-state index contributed by atoms with van der Waals surface area (Å²) in [5, 5.41) is 12.7. The minimum atomic E-state index is -0.661. The maximum atomic E-state index is 14.9. The molecule has 0 fully saturated rings. The van der Waals surface area contributed by atoms with E-state index in [1.54, 1.807) is 36.5 Å². The van der Waals surface area contributed by atoms with Crippen molar-refractivity contribution in [1.29, 1.82) is 0 Å². The van der Waals surface area contributed by atoms with Crippen molar-refractivity contribution in [2.24, 2.45) is 4.99 Å². The fourth-order valence-corrected chi connectivity index (χ4v) is 4.21. The Hall–Kier alpha value is -3.91. The maximum Gasteiger partial charge on any atom is 0.252 e. The summed E-state index contributed by atoms with van der Waals surface area (Å²) in [6.07, 6.45) is 3.05. The van der Waals surface area contributed by atoms with Crippen molar-refractivity contribution in [1.82, 2.24) is 10.3 Å². The predicted molar refractivity (Wildman–Crippen MR) is 123 cm³/mol. The van der Waals surface area contributed by atoms with Crippen molar-refractivity contribution in [3.8, 4) is 5.75 Å². The summed E-state index contributed by atoms with van der Waals surface area (Å²) in [5.41, 5.74) is 2.80. The van der Waals surface area contributed by atoms with Gasteiger partial charge in [0.1, 0.15) is 23.5 Å². The number of aliphatic hydroxyl groups is 1. The summed E-state index contributed by atoms with van der Waals surface area (Å²) in [6.45, 7) is -0.00632. The number of ether oxygens (including phenoxy) is 1. The van der Waals surface area contributed by atoms with E-state index in [0.29, 0.717) is 30.1 Å². The first kappa shape index (κ1) is 21.9. The lowest BCUT2D eigenvalue weighted by atomic mass is 9.97. The van der Waals surface area contributed by atoms with Gasteiger partial charge in [0.2, 0.25) is 0 Å². The third-order valence-electron chi connectivity index (χ3n) is 5.95. The van der Waals surface area contributed by atoms with Gasteiger partial charge in [-0.1, -0.05) is 18.2 Å². The normalized spacial score (nSPS) is 19.0. The molecule has 8 heteroatoms. The molecule has 0 spiro atoms. The molecule has 2 N–H and O–H groups in total. The number of rotatable bonds is 5. The van der Waals surface area contributed by atoms with Gasteiger partial charge in [-0.15, -0.1) is 0 Å². The van der Waals surface area contributed by atoms with E-state index in [0.717, 1.165) is 11.1 Å². The minimum Gasteiger partial charge on any atom is -0.484 e. The first-order valence-corrected chi connectivity index (χ1v) is 10.9. The Morgan fingerprint density at radius 2 is 1.94 bits per heavy atom. The molecule has 0 bridgehead atoms. The number of carbonyl (C=O) groups excluding carboxylic acids is 1. The smallest absolute Gasteiger partial charge is 0.252 e. The van der Waals surface area contributed by atoms with Crippen LogP contribution in [0.3, 0.4) is 0 Å². The average Bonchev–Trinajstić information content (AvgIpc) is 3.33. The van der Waals surface area contributed by atoms with Gasteiger partial charge in [0, 0.05) is 18.2 Å². The standard InChI is InChI=1S/C26H21F2N3O3/c27-17-8-6-15(7-9-17)16-11-22(30-13-16)25-18(3-1-4-19(25)28)26(33)31-21-12-20-23(5-2-10-29-20)34-24(21)14-32/h1-11,21,24,32H,12-14H2,(H,31,33)/t21?,24-/m1/s1. The molecule has 1 amide bonds. The minimum absolute atomic E-state index is 0.0907. The summed E-state index contributed by atoms with van der Waals surface area (Å²) in [7, 11) is 0. The van der Waals surface area contributed by atoms with E-state index < -0.39 is 23.9 Å². The van der Waals surface area contributed by atoms with Crippen LogP contribution in [0.5, 0.6) is 5.75 Å². The van der Waals surface area contributed by atoms with Crippen molar-refractivity contribution >= 4 is 17.2 Å². The molecule has 0 saturated carbocycles. The molecule has 2 aliphatic heterocycles. The van der Waals surface area contributed by atoms with Gasteiger partial charge in [0.25, 0.3) is 5.91 Å². The highest BCUT2D eigenvalue weighted by molar-refractivity contribution is 6.19. The van der Waals surface area contributed by atoms with Crippen LogP contribution in [-0.4, -0.2) is 47.0 Å². The van der Waals surface area contributed by atoms with Gasteiger partial charge in [-0.25, -0.2) is 8.78 Å². The van der Waals surface area contributed by atoms with Gasteiger partial charge in [-0.2, -0.15) is 0 Å². The van der Waals surface area contributed by atoms with Crippen molar-refractivity contribution in [2.45, 2.75) is 18.6 Å². The highest BCUT2D eigenvalue weighted by Crippen LogP contribution is 2.27. The topological polar surface area (TPSA) is 83.8 Å². The number of hydrogen-bond donors (Lipinski definition) is 2. The number of hydrogen-bond acceptors (Lipinski definition) is 5. The number of aliphatic hydroxyl groups excluding tert-OH is 1. The van der Waals surface area contributed by atoms with E-state index in [-0.39, 0.29) is 23.6 Å². The van der Waals surface area contributed by atoms with Gasteiger partial charge >= 0.3 is 0 Å². The SMILES string of the molecule is O=C(NC1Cc2ncccc2O[C@@H]1CO)c1cccc(F)c1C1=NCC(c2ccc(F)cc2)=C1. The Bertz CT molecular complexity index is 1300. The molecule has 2 aliphatic rings. The average molecular weight is 461 g/mol. The molecule has 3 heterocycles. The van der Waals surface area contributed by atoms with Gasteiger partial charge in [0.15, 0.2) is 0 Å². The Kier molecular flexibility index (Phi) is 5.90. The Labute approximate surface area is 194 Å². The highest BCUT2D eigenvalue weighted by Gasteiger charge is 2.32. The van der Waals surface area contributed by atoms with Crippen LogP contribution in [0.1, 0.15) is 27.2 Å². The first-order valence-electron chi connectivity index (χ1n) is 10.9. The molecule has 0 aliphatic carbocycles. The fourth-order valence-electron chi connectivity index (χ4n) is 4.21. The van der Waals surface area contributed by atoms with Gasteiger partial charge in [0.05, 0.1) is 36.2 Å². The quantitative estimate of drug-likeness (QED) is 0.611. The molecule has 172 valence electrons. The largest absolute Gasteiger partial charge is 0.484 e. The van der Waals surface area contributed by atoms with Gasteiger partial charge in [-0.3, -0.25) is 14.8 Å². The number of carbonyl (C=O) groups is 1. The van der Waals surface area contributed by atoms with Crippen LogP contribution >= 0.6 is 0 Å². The molecule has 2 aromatic carbocycles. The summed E-state index contributed by atoms with van der Waals surface area (Å²) >= 11 is 0. The lowest BCUT2D eigenvalue weighted by molar-refractivity contribution is 0.0611. The number of benzene rings is 2. The number of amides is 1. The Morgan fingerprint density at radius 3 is 2.74 bits per heavy atom. The maximum absolute atomic E-state index is 14.9. The second-order valence-electron chi connectivity index (χ2n) is 8.11. The third-order valence-corrected chi connectivity index (χ3v) is 5.95. The Morgan fingerprint density at radius 1 is 1.12 bits per heavy atom. The van der Waals surface area contributed by atoms with Crippen LogP contribution in [0.25, 0.3) is 5.57 Å². The lowest BCUT2D eigenvalue weighted by Gasteiger charge is -2.32. The van der Waals surface area contributed by atoms with E-state index in [1.807, 2.05) is 0 Å². The van der Waals surface area contributed by atoms with Crippen molar-refractivity contribution < 1.29 is 23.4 Å². The van der Waals surface area contributed by atoms with Crippen molar-refractivity contribution in [3.05, 3.63) is 101 Å². The zero-order valence-corrected chi connectivity index (χ0v) is 18.0. The van der Waals surface area contributed by atoms with E-state index >= 15 is 0 Å². The first-order chi connectivity index (χ1) is 16.5. The second kappa shape index (κ2) is 9.15. The summed E-state index contributed by atoms with van der Waals surface area (Å²) in [4.78, 5) is 22.0. The fraction of sp³-hybridized carbons (Fsp3) is 0.192. The molecule has 0 saturated heterocycles. The van der Waals surface area contributed by atoms with Gasteiger partial charge in [-0.05, 0) is 53.6 Å². The van der Waals surface area contributed by atoms with E-state index in [4.69, 9.17) is 4.74 Å². The number of fused-ring (bicyclic) bond motifs is 1.